The smallest absolute Gasteiger partial charge is 0.407 e. The number of esters is 1. The van der Waals surface area contributed by atoms with E-state index in [1.807, 2.05) is 74.7 Å². The van der Waals surface area contributed by atoms with E-state index in [0.29, 0.717) is 51.2 Å². The summed E-state index contributed by atoms with van der Waals surface area (Å²) >= 11 is 9.05. The second-order valence-corrected chi connectivity index (χ2v) is 19.4. The molecule has 3 heterocycles. The number of anilines is 1. The van der Waals surface area contributed by atoms with Gasteiger partial charge in [0.05, 0.1) is 24.4 Å². The minimum absolute atomic E-state index is 0.0976. The lowest BCUT2D eigenvalue weighted by molar-refractivity contribution is -0.147. The summed E-state index contributed by atoms with van der Waals surface area (Å²) < 4.78 is 16.5. The molecule has 0 unspecified atom stereocenters. The van der Waals surface area contributed by atoms with Gasteiger partial charge >= 0.3 is 12.1 Å². The third-order valence-corrected chi connectivity index (χ3v) is 11.7. The summed E-state index contributed by atoms with van der Waals surface area (Å²) in [7, 11) is 0. The van der Waals surface area contributed by atoms with E-state index in [1.54, 1.807) is 20.8 Å². The molecule has 17 heteroatoms. The third-order valence-electron chi connectivity index (χ3n) is 9.51. The summed E-state index contributed by atoms with van der Waals surface area (Å²) in [5.74, 6) is -0.0370. The molecule has 1 aliphatic rings. The Kier molecular flexibility index (Phi) is 17.1. The van der Waals surface area contributed by atoms with E-state index in [9.17, 15) is 24.9 Å². The maximum Gasteiger partial charge on any atom is 0.407 e. The SMILES string of the molecule is C=C(N[C@@H](CNC(=O)OC(C)(C)C)C(=O)N[C@@H](C)C(=O)OCCCc1ccc(-c2c(C#N)c(SCc3csc(-c4ccc(Cl)cc4)n3)nc(N3CCCC3)c2C#N)cc1)OC(C)(C)C. The Morgan fingerprint density at radius 1 is 0.922 bits per heavy atom. The fourth-order valence-electron chi connectivity index (χ4n) is 6.64. The van der Waals surface area contributed by atoms with Gasteiger partial charge < -0.3 is 35.1 Å². The highest BCUT2D eigenvalue weighted by Crippen LogP contribution is 2.40. The van der Waals surface area contributed by atoms with E-state index in [-0.39, 0.29) is 19.0 Å². The highest BCUT2D eigenvalue weighted by molar-refractivity contribution is 7.98. The molecule has 0 bridgehead atoms. The molecule has 0 aliphatic carbocycles. The number of amides is 2. The zero-order valence-corrected chi connectivity index (χ0v) is 39.7. The Balaban J connectivity index is 1.21. The third kappa shape index (κ3) is 14.4. The molecule has 338 valence electrons. The van der Waals surface area contributed by atoms with Crippen LogP contribution in [-0.2, 0) is 36.0 Å². The predicted molar refractivity (Wildman–Crippen MR) is 251 cm³/mol. The van der Waals surface area contributed by atoms with Crippen molar-refractivity contribution < 1.29 is 28.6 Å². The number of aryl methyl sites for hydroxylation is 1. The molecule has 5 rings (SSSR count). The summed E-state index contributed by atoms with van der Waals surface area (Å²) in [5.41, 5.74) is 3.42. The average molecular weight is 928 g/mol. The Hall–Kier alpha value is -5.81. The molecular weight excluding hydrogens is 872 g/mol. The number of pyridine rings is 1. The largest absolute Gasteiger partial charge is 0.474 e. The van der Waals surface area contributed by atoms with Crippen LogP contribution in [0.15, 0.2) is 71.4 Å². The van der Waals surface area contributed by atoms with E-state index < -0.39 is 41.3 Å². The van der Waals surface area contributed by atoms with E-state index in [2.05, 4.69) is 39.6 Å². The van der Waals surface area contributed by atoms with Crippen LogP contribution in [0.3, 0.4) is 0 Å². The number of hydrogen-bond donors (Lipinski definition) is 3. The number of nitrogens with zero attached hydrogens (tertiary/aromatic N) is 5. The van der Waals surface area contributed by atoms with Crippen LogP contribution in [0.1, 0.15) is 90.1 Å². The Labute approximate surface area is 388 Å². The van der Waals surface area contributed by atoms with Crippen LogP contribution in [0.25, 0.3) is 21.7 Å². The molecule has 2 aromatic heterocycles. The first-order valence-corrected chi connectivity index (χ1v) is 23.2. The van der Waals surface area contributed by atoms with Gasteiger partial charge in [-0.05, 0) is 104 Å². The molecule has 1 saturated heterocycles. The number of nitriles is 2. The number of aromatic nitrogens is 2. The topological polar surface area (TPSA) is 192 Å². The average Bonchev–Trinajstić information content (AvgIpc) is 3.95. The Morgan fingerprint density at radius 2 is 1.56 bits per heavy atom. The van der Waals surface area contributed by atoms with Crippen molar-refractivity contribution in [3.05, 3.63) is 93.8 Å². The summed E-state index contributed by atoms with van der Waals surface area (Å²) in [6, 6.07) is 17.9. The van der Waals surface area contributed by atoms with Crippen LogP contribution in [0.4, 0.5) is 10.6 Å². The van der Waals surface area contributed by atoms with E-state index in [1.165, 1.54) is 30.0 Å². The molecule has 0 radical (unpaired) electrons. The minimum atomic E-state index is -1.04. The standard InChI is InChI=1S/C47H55ClN8O6S2/c1-29(52-41(57)38(53-30(2)61-46(3,4)5)26-51-45(59)62-47(6,7)8)44(58)60-23-11-12-31-13-15-32(16-14-31)39-36(24-49)40(56-21-9-10-22-56)55-43(37(39)25-50)64-28-35-27-63-42(54-35)33-17-19-34(48)20-18-33/h13-20,27,29,38,53H,2,9-12,21-23,26,28H2,1,3-8H3,(H,51,59)(H,52,57)/t29-,38-/m0/s1. The summed E-state index contributed by atoms with van der Waals surface area (Å²) in [5, 5.41) is 33.3. The molecule has 0 spiro atoms. The van der Waals surface area contributed by atoms with Gasteiger partial charge in [0.15, 0.2) is 5.88 Å². The number of carbonyl (C=O) groups excluding carboxylic acids is 3. The lowest BCUT2D eigenvalue weighted by Crippen LogP contribution is -2.54. The van der Waals surface area contributed by atoms with Crippen molar-refractivity contribution >= 4 is 58.5 Å². The summed E-state index contributed by atoms with van der Waals surface area (Å²) in [6.07, 6.45) is 2.34. The van der Waals surface area contributed by atoms with E-state index in [0.717, 1.165) is 53.3 Å². The van der Waals surface area contributed by atoms with Gasteiger partial charge in [-0.2, -0.15) is 10.5 Å². The first kappa shape index (κ1) is 49.2. The van der Waals surface area contributed by atoms with Crippen LogP contribution in [0.2, 0.25) is 5.02 Å². The van der Waals surface area contributed by atoms with Crippen molar-refractivity contribution in [2.75, 3.05) is 31.1 Å². The number of carbonyl (C=O) groups is 3. The number of benzene rings is 2. The van der Waals surface area contributed by atoms with Gasteiger partial charge in [0, 0.05) is 40.4 Å². The highest BCUT2D eigenvalue weighted by Gasteiger charge is 2.29. The summed E-state index contributed by atoms with van der Waals surface area (Å²) in [4.78, 5) is 50.5. The molecule has 1 aliphatic heterocycles. The Bertz CT molecular complexity index is 2370. The lowest BCUT2D eigenvalue weighted by atomic mass is 9.95. The van der Waals surface area contributed by atoms with Gasteiger partial charge in [0.2, 0.25) is 5.91 Å². The number of halogens is 1. The molecule has 4 aromatic rings. The Morgan fingerprint density at radius 3 is 2.19 bits per heavy atom. The van der Waals surface area contributed by atoms with Crippen LogP contribution in [0.5, 0.6) is 0 Å². The molecule has 14 nitrogen and oxygen atoms in total. The van der Waals surface area contributed by atoms with Gasteiger partial charge in [-0.15, -0.1) is 11.3 Å². The first-order chi connectivity index (χ1) is 30.3. The fourth-order valence-corrected chi connectivity index (χ4v) is 8.57. The number of ether oxygens (including phenoxy) is 3. The molecule has 2 aromatic carbocycles. The number of alkyl carbamates (subject to hydrolysis) is 1. The van der Waals surface area contributed by atoms with Gasteiger partial charge in [0.25, 0.3) is 0 Å². The zero-order valence-electron chi connectivity index (χ0n) is 37.3. The molecular formula is C47H55ClN8O6S2. The molecule has 1 fully saturated rings. The fraction of sp³-hybridized carbons (Fsp3) is 0.426. The van der Waals surface area contributed by atoms with Crippen LogP contribution in [-0.4, -0.2) is 77.5 Å². The molecule has 3 N–H and O–H groups in total. The minimum Gasteiger partial charge on any atom is -0.474 e. The monoisotopic (exact) mass is 926 g/mol. The molecule has 0 saturated carbocycles. The van der Waals surface area contributed by atoms with Crippen LogP contribution in [0, 0.1) is 22.7 Å². The van der Waals surface area contributed by atoms with Crippen molar-refractivity contribution in [2.45, 2.75) is 108 Å². The van der Waals surface area contributed by atoms with Gasteiger partial charge in [-0.25, -0.2) is 19.6 Å². The maximum atomic E-state index is 13.3. The van der Waals surface area contributed by atoms with Crippen molar-refractivity contribution in [2.24, 2.45) is 0 Å². The second-order valence-electron chi connectivity index (χ2n) is 17.1. The quantitative estimate of drug-likeness (QED) is 0.0371. The van der Waals surface area contributed by atoms with E-state index in [4.69, 9.17) is 35.8 Å². The second kappa shape index (κ2) is 22.2. The molecule has 2 amide bonds. The summed E-state index contributed by atoms with van der Waals surface area (Å²) in [6.45, 7) is 17.5. The number of hydrogen-bond acceptors (Lipinski definition) is 14. The highest BCUT2D eigenvalue weighted by atomic mass is 35.5. The number of nitrogens with one attached hydrogen (secondary N) is 3. The van der Waals surface area contributed by atoms with Crippen LogP contribution < -0.4 is 20.9 Å². The van der Waals surface area contributed by atoms with Gasteiger partial charge in [-0.3, -0.25) is 4.79 Å². The van der Waals surface area contributed by atoms with Crippen molar-refractivity contribution in [1.82, 2.24) is 25.9 Å². The van der Waals surface area contributed by atoms with Crippen LogP contribution >= 0.6 is 34.7 Å². The number of rotatable bonds is 18. The zero-order chi connectivity index (χ0) is 46.6. The van der Waals surface area contributed by atoms with E-state index >= 15 is 0 Å². The predicted octanol–water partition coefficient (Wildman–Crippen LogP) is 8.91. The van der Waals surface area contributed by atoms with Crippen molar-refractivity contribution in [1.29, 1.82) is 10.5 Å². The number of thiazole rings is 1. The molecule has 2 atom stereocenters. The molecule has 64 heavy (non-hydrogen) atoms. The normalized spacial score (nSPS) is 13.5. The number of thioether (sulfide) groups is 1. The van der Waals surface area contributed by atoms with Gasteiger partial charge in [0.1, 0.15) is 56.8 Å². The van der Waals surface area contributed by atoms with Gasteiger partial charge in [-0.1, -0.05) is 59.8 Å². The lowest BCUT2D eigenvalue weighted by Gasteiger charge is -2.27. The van der Waals surface area contributed by atoms with Crippen molar-refractivity contribution in [3.8, 4) is 33.8 Å². The first-order valence-electron chi connectivity index (χ1n) is 21.0. The van der Waals surface area contributed by atoms with Crippen molar-refractivity contribution in [3.63, 3.8) is 0 Å². The maximum absolute atomic E-state index is 13.3.